The van der Waals surface area contributed by atoms with Gasteiger partial charge in [-0.05, 0) is 85.9 Å². The van der Waals surface area contributed by atoms with Crippen LogP contribution < -0.4 is 10.1 Å². The van der Waals surface area contributed by atoms with E-state index in [2.05, 4.69) is 36.5 Å². The average molecular weight is 299 g/mol. The molecule has 2 nitrogen and oxygen atoms in total. The highest BCUT2D eigenvalue weighted by Crippen LogP contribution is 2.60. The Morgan fingerprint density at radius 2 is 1.59 bits per heavy atom. The molecule has 0 heterocycles. The second-order valence-corrected chi connectivity index (χ2v) is 7.92. The SMILES string of the molecule is CCNCCOc1ccc(C23CC4CC(CC(C4)C2)C3)cc1. The largest absolute Gasteiger partial charge is 0.492 e. The molecule has 0 unspecified atom stereocenters. The standard InChI is InChI=1S/C20H29NO/c1-2-21-7-8-22-19-5-3-18(4-6-19)20-12-15-9-16(13-20)11-17(10-15)14-20/h3-6,15-17,21H,2,7-14H2,1H3. The zero-order valence-electron chi connectivity index (χ0n) is 13.8. The summed E-state index contributed by atoms with van der Waals surface area (Å²) >= 11 is 0. The second kappa shape index (κ2) is 5.88. The molecular formula is C20H29NO. The maximum Gasteiger partial charge on any atom is 0.119 e. The van der Waals surface area contributed by atoms with E-state index in [-0.39, 0.29) is 0 Å². The van der Waals surface area contributed by atoms with Gasteiger partial charge in [-0.25, -0.2) is 0 Å². The molecule has 0 saturated heterocycles. The van der Waals surface area contributed by atoms with Gasteiger partial charge in [0.2, 0.25) is 0 Å². The number of hydrogen-bond acceptors (Lipinski definition) is 2. The van der Waals surface area contributed by atoms with Gasteiger partial charge in [-0.3, -0.25) is 0 Å². The summed E-state index contributed by atoms with van der Waals surface area (Å²) in [6, 6.07) is 9.10. The number of ether oxygens (including phenoxy) is 1. The highest BCUT2D eigenvalue weighted by molar-refractivity contribution is 5.34. The molecule has 0 aromatic heterocycles. The maximum absolute atomic E-state index is 5.82. The van der Waals surface area contributed by atoms with Crippen molar-refractivity contribution in [1.82, 2.24) is 5.32 Å². The summed E-state index contributed by atoms with van der Waals surface area (Å²) in [7, 11) is 0. The minimum atomic E-state index is 0.511. The lowest BCUT2D eigenvalue weighted by atomic mass is 9.48. The molecule has 0 radical (unpaired) electrons. The number of nitrogens with one attached hydrogen (secondary N) is 1. The van der Waals surface area contributed by atoms with Crippen LogP contribution in [0.4, 0.5) is 0 Å². The van der Waals surface area contributed by atoms with Crippen molar-refractivity contribution >= 4 is 0 Å². The van der Waals surface area contributed by atoms with Crippen molar-refractivity contribution in [3.05, 3.63) is 29.8 Å². The van der Waals surface area contributed by atoms with Crippen LogP contribution in [0.25, 0.3) is 0 Å². The molecule has 0 amide bonds. The van der Waals surface area contributed by atoms with Gasteiger partial charge in [-0.1, -0.05) is 19.1 Å². The normalized spacial score (nSPS) is 35.8. The van der Waals surface area contributed by atoms with Crippen LogP contribution in [0.15, 0.2) is 24.3 Å². The molecule has 4 bridgehead atoms. The van der Waals surface area contributed by atoms with Gasteiger partial charge in [-0.15, -0.1) is 0 Å². The zero-order chi connectivity index (χ0) is 15.0. The van der Waals surface area contributed by atoms with E-state index in [4.69, 9.17) is 4.74 Å². The lowest BCUT2D eigenvalue weighted by Gasteiger charge is -2.57. The van der Waals surface area contributed by atoms with Gasteiger partial charge in [-0.2, -0.15) is 0 Å². The molecule has 0 spiro atoms. The first-order valence-corrected chi connectivity index (χ1v) is 9.21. The van der Waals surface area contributed by atoms with Crippen LogP contribution >= 0.6 is 0 Å². The Morgan fingerprint density at radius 3 is 2.14 bits per heavy atom. The molecule has 120 valence electrons. The number of hydrogen-bond donors (Lipinski definition) is 1. The molecule has 22 heavy (non-hydrogen) atoms. The summed E-state index contributed by atoms with van der Waals surface area (Å²) in [6.07, 6.45) is 8.89. The van der Waals surface area contributed by atoms with E-state index in [1.807, 2.05) is 0 Å². The first-order chi connectivity index (χ1) is 10.8. The molecule has 1 aromatic rings. The third-order valence-electron chi connectivity index (χ3n) is 6.30. The lowest BCUT2D eigenvalue weighted by molar-refractivity contribution is -0.00520. The molecule has 2 heteroatoms. The molecule has 0 atom stereocenters. The summed E-state index contributed by atoms with van der Waals surface area (Å²) in [4.78, 5) is 0. The predicted octanol–water partition coefficient (Wildman–Crippen LogP) is 4.14. The number of benzene rings is 1. The van der Waals surface area contributed by atoms with Gasteiger partial charge in [0, 0.05) is 6.54 Å². The zero-order valence-corrected chi connectivity index (χ0v) is 13.8. The highest BCUT2D eigenvalue weighted by Gasteiger charge is 2.51. The minimum absolute atomic E-state index is 0.511. The monoisotopic (exact) mass is 299 g/mol. The van der Waals surface area contributed by atoms with E-state index in [1.165, 1.54) is 38.5 Å². The van der Waals surface area contributed by atoms with Gasteiger partial charge in [0.05, 0.1) is 0 Å². The van der Waals surface area contributed by atoms with Crippen LogP contribution in [-0.4, -0.2) is 19.7 Å². The highest BCUT2D eigenvalue weighted by atomic mass is 16.5. The molecule has 4 saturated carbocycles. The second-order valence-electron chi connectivity index (χ2n) is 7.92. The van der Waals surface area contributed by atoms with Crippen LogP contribution in [0.1, 0.15) is 51.0 Å². The van der Waals surface area contributed by atoms with E-state index in [0.717, 1.165) is 43.2 Å². The van der Waals surface area contributed by atoms with Crippen LogP contribution in [-0.2, 0) is 5.41 Å². The van der Waals surface area contributed by atoms with Crippen molar-refractivity contribution in [1.29, 1.82) is 0 Å². The smallest absolute Gasteiger partial charge is 0.119 e. The summed E-state index contributed by atoms with van der Waals surface area (Å²) in [5.41, 5.74) is 2.10. The predicted molar refractivity (Wildman–Crippen MR) is 90.3 cm³/mol. The van der Waals surface area contributed by atoms with E-state index in [0.29, 0.717) is 5.41 Å². The molecule has 1 N–H and O–H groups in total. The first-order valence-electron chi connectivity index (χ1n) is 9.21. The summed E-state index contributed by atoms with van der Waals surface area (Å²) in [5.74, 6) is 4.07. The van der Waals surface area contributed by atoms with E-state index >= 15 is 0 Å². The quantitative estimate of drug-likeness (QED) is 0.797. The first kappa shape index (κ1) is 14.6. The fourth-order valence-electron chi connectivity index (χ4n) is 5.79. The Hall–Kier alpha value is -1.02. The van der Waals surface area contributed by atoms with Crippen molar-refractivity contribution in [3.8, 4) is 5.75 Å². The van der Waals surface area contributed by atoms with E-state index in [9.17, 15) is 0 Å². The molecular weight excluding hydrogens is 270 g/mol. The van der Waals surface area contributed by atoms with E-state index < -0.39 is 0 Å². The summed E-state index contributed by atoms with van der Waals surface area (Å²) in [6.45, 7) is 4.81. The number of rotatable bonds is 6. The fourth-order valence-corrected chi connectivity index (χ4v) is 5.79. The van der Waals surface area contributed by atoms with Gasteiger partial charge >= 0.3 is 0 Å². The molecule has 4 aliphatic carbocycles. The molecule has 1 aromatic carbocycles. The van der Waals surface area contributed by atoms with Gasteiger partial charge in [0.15, 0.2) is 0 Å². The molecule has 0 aliphatic heterocycles. The van der Waals surface area contributed by atoms with Gasteiger partial charge in [0.25, 0.3) is 0 Å². The molecule has 4 aliphatic rings. The lowest BCUT2D eigenvalue weighted by Crippen LogP contribution is -2.48. The third kappa shape index (κ3) is 2.67. The van der Waals surface area contributed by atoms with Crippen molar-refractivity contribution < 1.29 is 4.74 Å². The minimum Gasteiger partial charge on any atom is -0.492 e. The van der Waals surface area contributed by atoms with Crippen LogP contribution in [0.5, 0.6) is 5.75 Å². The Balaban J connectivity index is 1.44. The Labute approximate surface area is 134 Å². The average Bonchev–Trinajstić information content (AvgIpc) is 2.51. The molecule has 4 fully saturated rings. The maximum atomic E-state index is 5.82. The van der Waals surface area contributed by atoms with E-state index in [1.54, 1.807) is 5.56 Å². The van der Waals surface area contributed by atoms with Crippen molar-refractivity contribution in [2.45, 2.75) is 50.9 Å². The van der Waals surface area contributed by atoms with Crippen molar-refractivity contribution in [2.75, 3.05) is 19.7 Å². The van der Waals surface area contributed by atoms with Crippen LogP contribution in [0.3, 0.4) is 0 Å². The van der Waals surface area contributed by atoms with Crippen LogP contribution in [0, 0.1) is 17.8 Å². The summed E-state index contributed by atoms with van der Waals surface area (Å²) in [5, 5.41) is 3.29. The van der Waals surface area contributed by atoms with Gasteiger partial charge < -0.3 is 10.1 Å². The van der Waals surface area contributed by atoms with Crippen molar-refractivity contribution in [2.24, 2.45) is 17.8 Å². The summed E-state index contributed by atoms with van der Waals surface area (Å²) < 4.78 is 5.82. The van der Waals surface area contributed by atoms with Crippen molar-refractivity contribution in [3.63, 3.8) is 0 Å². The Bertz CT molecular complexity index is 472. The Kier molecular flexibility index (Phi) is 3.89. The van der Waals surface area contributed by atoms with Gasteiger partial charge in [0.1, 0.15) is 12.4 Å². The molecule has 5 rings (SSSR count). The topological polar surface area (TPSA) is 21.3 Å². The number of likely N-dealkylation sites (N-methyl/N-ethyl adjacent to an activating group) is 1. The van der Waals surface area contributed by atoms with Crippen LogP contribution in [0.2, 0.25) is 0 Å². The Morgan fingerprint density at radius 1 is 1.00 bits per heavy atom. The third-order valence-corrected chi connectivity index (χ3v) is 6.30. The fraction of sp³-hybridized carbons (Fsp3) is 0.700.